The number of hydrogen-bond acceptors (Lipinski definition) is 3. The van der Waals surface area contributed by atoms with Crippen molar-refractivity contribution in [2.45, 2.75) is 6.10 Å². The topological polar surface area (TPSA) is 41.6 Å². The minimum Gasteiger partial charge on any atom is -0.371 e. The molecule has 1 fully saturated rings. The van der Waals surface area contributed by atoms with Gasteiger partial charge in [0.2, 0.25) is 5.91 Å². The van der Waals surface area contributed by atoms with Gasteiger partial charge in [0.05, 0.1) is 24.3 Å². The third-order valence-corrected chi connectivity index (χ3v) is 3.80. The summed E-state index contributed by atoms with van der Waals surface area (Å²) in [5, 5.41) is 2.92. The molecule has 1 heterocycles. The van der Waals surface area contributed by atoms with E-state index in [4.69, 9.17) is 27.9 Å². The van der Waals surface area contributed by atoms with Crippen LogP contribution in [0.15, 0.2) is 12.1 Å². The fraction of sp³-hybridized carbons (Fsp3) is 0.462. The summed E-state index contributed by atoms with van der Waals surface area (Å²) in [5.74, 6) is -0.600. The fourth-order valence-corrected chi connectivity index (χ4v) is 2.61. The summed E-state index contributed by atoms with van der Waals surface area (Å²) in [5.41, 5.74) is 0.551. The molecule has 1 aliphatic heterocycles. The number of likely N-dealkylation sites (N-methyl/N-ethyl adjacent to an activating group) is 1. The smallest absolute Gasteiger partial charge is 0.233 e. The van der Waals surface area contributed by atoms with Crippen molar-refractivity contribution in [2.24, 2.45) is 0 Å². The molecule has 1 saturated heterocycles. The molecule has 0 unspecified atom stereocenters. The number of morpholine rings is 1. The molecule has 0 saturated carbocycles. The molecule has 1 aliphatic rings. The number of nitrogens with one attached hydrogen (secondary N) is 1. The predicted octanol–water partition coefficient (Wildman–Crippen LogP) is 2.25. The molecule has 7 heteroatoms. The lowest BCUT2D eigenvalue weighted by Gasteiger charge is -2.33. The molecule has 0 spiro atoms. The van der Waals surface area contributed by atoms with Crippen LogP contribution in [0.4, 0.5) is 4.39 Å². The summed E-state index contributed by atoms with van der Waals surface area (Å²) in [4.78, 5) is 13.3. The second kappa shape index (κ2) is 6.72. The molecule has 4 nitrogen and oxygen atoms in total. The van der Waals surface area contributed by atoms with E-state index >= 15 is 0 Å². The molecular formula is C13H15Cl2FN2O2. The van der Waals surface area contributed by atoms with Crippen LogP contribution in [0.3, 0.4) is 0 Å². The first kappa shape index (κ1) is 15.5. The van der Waals surface area contributed by atoms with Gasteiger partial charge >= 0.3 is 0 Å². The van der Waals surface area contributed by atoms with Crippen LogP contribution in [0.2, 0.25) is 10.0 Å². The van der Waals surface area contributed by atoms with Crippen LogP contribution in [-0.4, -0.2) is 44.1 Å². The minimum absolute atomic E-state index is 0.0169. The number of hydrogen-bond donors (Lipinski definition) is 1. The molecule has 2 rings (SSSR count). The van der Waals surface area contributed by atoms with Crippen LogP contribution in [0.25, 0.3) is 0 Å². The van der Waals surface area contributed by atoms with Crippen molar-refractivity contribution in [3.63, 3.8) is 0 Å². The van der Waals surface area contributed by atoms with Gasteiger partial charge in [-0.25, -0.2) is 4.39 Å². The predicted molar refractivity (Wildman–Crippen MR) is 75.6 cm³/mol. The van der Waals surface area contributed by atoms with Crippen molar-refractivity contribution in [3.8, 4) is 0 Å². The average Bonchev–Trinajstić information content (AvgIpc) is 2.43. The van der Waals surface area contributed by atoms with Crippen LogP contribution in [0, 0.1) is 5.82 Å². The van der Waals surface area contributed by atoms with Gasteiger partial charge in [-0.05, 0) is 12.1 Å². The molecule has 0 radical (unpaired) electrons. The second-order valence-electron chi connectivity index (χ2n) is 4.56. The normalized spacial score (nSPS) is 19.9. The Hall–Kier alpha value is -0.880. The minimum atomic E-state index is -0.530. The first-order chi connectivity index (χ1) is 9.51. The van der Waals surface area contributed by atoms with Crippen LogP contribution in [0.5, 0.6) is 0 Å². The third kappa shape index (κ3) is 3.61. The molecule has 110 valence electrons. The zero-order valence-electron chi connectivity index (χ0n) is 11.0. The molecule has 1 atom stereocenters. The van der Waals surface area contributed by atoms with Gasteiger partial charge in [0.25, 0.3) is 0 Å². The summed E-state index contributed by atoms with van der Waals surface area (Å²) >= 11 is 11.8. The Kier molecular flexibility index (Phi) is 5.21. The number of halogens is 3. The zero-order chi connectivity index (χ0) is 14.7. The van der Waals surface area contributed by atoms with Gasteiger partial charge < -0.3 is 10.1 Å². The first-order valence-electron chi connectivity index (χ1n) is 6.20. The largest absolute Gasteiger partial charge is 0.371 e. The molecule has 1 aromatic carbocycles. The number of carbonyl (C=O) groups is 1. The van der Waals surface area contributed by atoms with E-state index in [0.717, 1.165) is 0 Å². The maximum Gasteiger partial charge on any atom is 0.233 e. The number of benzene rings is 1. The third-order valence-electron chi connectivity index (χ3n) is 3.18. The van der Waals surface area contributed by atoms with Gasteiger partial charge in [-0.1, -0.05) is 23.2 Å². The quantitative estimate of drug-likeness (QED) is 0.868. The van der Waals surface area contributed by atoms with Gasteiger partial charge in [-0.3, -0.25) is 9.69 Å². The molecular weight excluding hydrogens is 306 g/mol. The molecule has 0 aliphatic carbocycles. The Morgan fingerprint density at radius 1 is 1.50 bits per heavy atom. The van der Waals surface area contributed by atoms with E-state index in [-0.39, 0.29) is 23.6 Å². The molecule has 1 N–H and O–H groups in total. The Balaban J connectivity index is 2.12. The van der Waals surface area contributed by atoms with Gasteiger partial charge in [-0.2, -0.15) is 0 Å². The Morgan fingerprint density at radius 2 is 2.25 bits per heavy atom. The van der Waals surface area contributed by atoms with E-state index in [1.807, 2.05) is 4.90 Å². The monoisotopic (exact) mass is 320 g/mol. The highest BCUT2D eigenvalue weighted by atomic mass is 35.5. The molecule has 1 amide bonds. The Bertz CT molecular complexity index is 513. The average molecular weight is 321 g/mol. The van der Waals surface area contributed by atoms with E-state index < -0.39 is 5.82 Å². The SMILES string of the molecule is CNC(=O)CN1CCO[C@H](c2cc(F)c(Cl)cc2Cl)C1. The lowest BCUT2D eigenvalue weighted by molar-refractivity contribution is -0.123. The number of nitrogens with zero attached hydrogens (tertiary/aromatic N) is 1. The summed E-state index contributed by atoms with van der Waals surface area (Å²) in [6, 6.07) is 2.66. The van der Waals surface area contributed by atoms with Crippen molar-refractivity contribution in [1.82, 2.24) is 10.2 Å². The van der Waals surface area contributed by atoms with E-state index in [1.165, 1.54) is 12.1 Å². The maximum absolute atomic E-state index is 13.6. The fourth-order valence-electron chi connectivity index (χ4n) is 2.10. The Morgan fingerprint density at radius 3 is 2.95 bits per heavy atom. The van der Waals surface area contributed by atoms with Gasteiger partial charge in [0.1, 0.15) is 5.82 Å². The first-order valence-corrected chi connectivity index (χ1v) is 6.96. The van der Waals surface area contributed by atoms with Crippen molar-refractivity contribution < 1.29 is 13.9 Å². The highest BCUT2D eigenvalue weighted by molar-refractivity contribution is 6.35. The number of amides is 1. The van der Waals surface area contributed by atoms with E-state index in [9.17, 15) is 9.18 Å². The van der Waals surface area contributed by atoms with Gasteiger partial charge in [0, 0.05) is 30.7 Å². The van der Waals surface area contributed by atoms with Crippen LogP contribution < -0.4 is 5.32 Å². The van der Waals surface area contributed by atoms with Crippen LogP contribution in [0.1, 0.15) is 11.7 Å². The lowest BCUT2D eigenvalue weighted by atomic mass is 10.1. The molecule has 1 aromatic rings. The maximum atomic E-state index is 13.6. The summed E-state index contributed by atoms with van der Waals surface area (Å²) in [7, 11) is 1.59. The Labute approximate surface area is 126 Å². The lowest BCUT2D eigenvalue weighted by Crippen LogP contribution is -2.43. The number of carbonyl (C=O) groups excluding carboxylic acids is 1. The number of rotatable bonds is 3. The van der Waals surface area contributed by atoms with Crippen molar-refractivity contribution in [1.29, 1.82) is 0 Å². The van der Waals surface area contributed by atoms with Crippen molar-refractivity contribution >= 4 is 29.1 Å². The summed E-state index contributed by atoms with van der Waals surface area (Å²) < 4.78 is 19.2. The summed E-state index contributed by atoms with van der Waals surface area (Å²) in [6.07, 6.45) is -0.368. The number of ether oxygens (including phenoxy) is 1. The van der Waals surface area contributed by atoms with E-state index in [0.29, 0.717) is 30.3 Å². The standard InChI is InChI=1S/C13H15Cl2FN2O2/c1-17-13(19)7-18-2-3-20-12(6-18)8-4-11(16)10(15)5-9(8)14/h4-5,12H,2-3,6-7H2,1H3,(H,17,19)/t12-/m0/s1. The van der Waals surface area contributed by atoms with Gasteiger partial charge in [0.15, 0.2) is 0 Å². The molecule has 0 aromatic heterocycles. The van der Waals surface area contributed by atoms with Crippen molar-refractivity contribution in [3.05, 3.63) is 33.6 Å². The molecule has 0 bridgehead atoms. The highest BCUT2D eigenvalue weighted by Crippen LogP contribution is 2.32. The van der Waals surface area contributed by atoms with Crippen molar-refractivity contribution in [2.75, 3.05) is 33.3 Å². The van der Waals surface area contributed by atoms with E-state index in [1.54, 1.807) is 7.05 Å². The zero-order valence-corrected chi connectivity index (χ0v) is 12.5. The highest BCUT2D eigenvalue weighted by Gasteiger charge is 2.25. The second-order valence-corrected chi connectivity index (χ2v) is 5.37. The van der Waals surface area contributed by atoms with Gasteiger partial charge in [-0.15, -0.1) is 0 Å². The van der Waals surface area contributed by atoms with Crippen LogP contribution in [-0.2, 0) is 9.53 Å². The molecule has 20 heavy (non-hydrogen) atoms. The summed E-state index contributed by atoms with van der Waals surface area (Å²) in [6.45, 7) is 1.87. The van der Waals surface area contributed by atoms with E-state index in [2.05, 4.69) is 5.32 Å². The van der Waals surface area contributed by atoms with Crippen LogP contribution >= 0.6 is 23.2 Å².